The molecule has 0 radical (unpaired) electrons. The summed E-state index contributed by atoms with van der Waals surface area (Å²) in [5.74, 6) is -0.0949. The molecule has 0 aromatic rings. The number of hydrogen-bond donors (Lipinski definition) is 3. The summed E-state index contributed by atoms with van der Waals surface area (Å²) in [5, 5.41) is 23.1. The molecule has 66 heavy (non-hydrogen) atoms. The van der Waals surface area contributed by atoms with Crippen molar-refractivity contribution in [3.8, 4) is 0 Å². The van der Waals surface area contributed by atoms with Crippen molar-refractivity contribution >= 4 is 11.9 Å². The molecule has 3 N–H and O–H groups in total. The van der Waals surface area contributed by atoms with Crippen molar-refractivity contribution in [2.45, 2.75) is 309 Å². The molecule has 0 saturated carbocycles. The Labute approximate surface area is 410 Å². The van der Waals surface area contributed by atoms with E-state index in [0.717, 1.165) is 70.6 Å². The molecule has 0 heterocycles. The fourth-order valence-corrected chi connectivity index (χ4v) is 8.60. The molecule has 0 aliphatic heterocycles. The van der Waals surface area contributed by atoms with Gasteiger partial charge in [-0.1, -0.05) is 242 Å². The topological polar surface area (TPSA) is 95.9 Å². The molecule has 1 amide bonds. The molecule has 6 nitrogen and oxygen atoms in total. The van der Waals surface area contributed by atoms with Gasteiger partial charge < -0.3 is 20.3 Å². The third-order valence-corrected chi connectivity index (χ3v) is 13.1. The van der Waals surface area contributed by atoms with E-state index in [-0.39, 0.29) is 18.5 Å². The molecule has 0 aromatic carbocycles. The zero-order chi connectivity index (χ0) is 47.9. The fourth-order valence-electron chi connectivity index (χ4n) is 8.60. The second kappa shape index (κ2) is 55.4. The van der Waals surface area contributed by atoms with Gasteiger partial charge in [-0.2, -0.15) is 0 Å². The molecule has 2 unspecified atom stereocenters. The number of rotatable bonds is 53. The van der Waals surface area contributed by atoms with Crippen molar-refractivity contribution < 1.29 is 24.5 Å². The molecule has 6 heteroatoms. The van der Waals surface area contributed by atoms with Crippen molar-refractivity contribution in [1.82, 2.24) is 5.32 Å². The molecule has 0 spiro atoms. The van der Waals surface area contributed by atoms with Gasteiger partial charge in [-0.25, -0.2) is 0 Å². The zero-order valence-electron chi connectivity index (χ0n) is 43.9. The first kappa shape index (κ1) is 63.8. The fraction of sp³-hybridized carbons (Fsp3) is 0.833. The van der Waals surface area contributed by atoms with Crippen LogP contribution in [0.15, 0.2) is 48.6 Å². The molecule has 0 aliphatic rings. The lowest BCUT2D eigenvalue weighted by molar-refractivity contribution is -0.143. The van der Waals surface area contributed by atoms with Gasteiger partial charge in [0.1, 0.15) is 0 Å². The molecule has 0 fully saturated rings. The minimum absolute atomic E-state index is 0.0124. The summed E-state index contributed by atoms with van der Waals surface area (Å²) >= 11 is 0. The van der Waals surface area contributed by atoms with Gasteiger partial charge in [-0.05, 0) is 89.9 Å². The van der Waals surface area contributed by atoms with Crippen molar-refractivity contribution in [3.05, 3.63) is 48.6 Å². The highest BCUT2D eigenvalue weighted by Gasteiger charge is 2.18. The number of ether oxygens (including phenoxy) is 1. The zero-order valence-corrected chi connectivity index (χ0v) is 43.9. The lowest BCUT2D eigenvalue weighted by Gasteiger charge is -2.20. The van der Waals surface area contributed by atoms with Crippen LogP contribution in [0.1, 0.15) is 296 Å². The number of unbranched alkanes of at least 4 members (excludes halogenated alkanes) is 36. The minimum Gasteiger partial charge on any atom is -0.466 e. The number of aliphatic hydroxyl groups excluding tert-OH is 2. The van der Waals surface area contributed by atoms with Crippen LogP contribution in [0.25, 0.3) is 0 Å². The molecule has 0 aliphatic carbocycles. The highest BCUT2D eigenvalue weighted by atomic mass is 16.5. The Kier molecular flexibility index (Phi) is 53.6. The van der Waals surface area contributed by atoms with Gasteiger partial charge in [0.15, 0.2) is 0 Å². The Bertz CT molecular complexity index is 1110. The number of aliphatic hydroxyl groups is 2. The third kappa shape index (κ3) is 51.2. The Hall–Kier alpha value is -2.18. The molecule has 0 rings (SSSR count). The summed E-state index contributed by atoms with van der Waals surface area (Å²) in [6.07, 6.45) is 69.8. The van der Waals surface area contributed by atoms with E-state index in [0.29, 0.717) is 19.4 Å². The van der Waals surface area contributed by atoms with E-state index in [1.807, 2.05) is 6.08 Å². The van der Waals surface area contributed by atoms with Crippen molar-refractivity contribution in [2.75, 3.05) is 13.2 Å². The Balaban J connectivity index is 3.49. The quantitative estimate of drug-likeness (QED) is 0.0321. The van der Waals surface area contributed by atoms with Crippen molar-refractivity contribution in [3.63, 3.8) is 0 Å². The van der Waals surface area contributed by atoms with Crippen molar-refractivity contribution in [1.29, 1.82) is 0 Å². The summed E-state index contributed by atoms with van der Waals surface area (Å²) in [6, 6.07) is -0.639. The molecule has 386 valence electrons. The summed E-state index contributed by atoms with van der Waals surface area (Å²) in [4.78, 5) is 24.5. The number of hydrogen-bond acceptors (Lipinski definition) is 5. The van der Waals surface area contributed by atoms with Crippen LogP contribution in [-0.2, 0) is 14.3 Å². The van der Waals surface area contributed by atoms with E-state index in [4.69, 9.17) is 4.74 Å². The largest absolute Gasteiger partial charge is 0.466 e. The normalized spacial score (nSPS) is 13.0. The van der Waals surface area contributed by atoms with E-state index in [1.165, 1.54) is 199 Å². The van der Waals surface area contributed by atoms with E-state index in [1.54, 1.807) is 6.08 Å². The van der Waals surface area contributed by atoms with Gasteiger partial charge in [-0.15, -0.1) is 0 Å². The number of nitrogens with one attached hydrogen (secondary N) is 1. The van der Waals surface area contributed by atoms with Gasteiger partial charge in [0.25, 0.3) is 0 Å². The Morgan fingerprint density at radius 1 is 0.424 bits per heavy atom. The second-order valence-electron chi connectivity index (χ2n) is 19.6. The van der Waals surface area contributed by atoms with E-state index >= 15 is 0 Å². The highest BCUT2D eigenvalue weighted by molar-refractivity contribution is 5.76. The molecular formula is C60H111NO5. The Morgan fingerprint density at radius 2 is 0.758 bits per heavy atom. The smallest absolute Gasteiger partial charge is 0.305 e. The average molecular weight is 927 g/mol. The molecule has 0 aromatic heterocycles. The maximum absolute atomic E-state index is 12.5. The maximum atomic E-state index is 12.5. The van der Waals surface area contributed by atoms with Crippen LogP contribution in [0.5, 0.6) is 0 Å². The van der Waals surface area contributed by atoms with Gasteiger partial charge in [-0.3, -0.25) is 9.59 Å². The molecule has 0 saturated heterocycles. The second-order valence-corrected chi connectivity index (χ2v) is 19.6. The predicted molar refractivity (Wildman–Crippen MR) is 287 cm³/mol. The molecule has 2 atom stereocenters. The number of carbonyl (C=O) groups excluding carboxylic acids is 2. The molecule has 0 bridgehead atoms. The first-order valence-electron chi connectivity index (χ1n) is 28.9. The lowest BCUT2D eigenvalue weighted by Crippen LogP contribution is -2.45. The predicted octanol–water partition coefficient (Wildman–Crippen LogP) is 17.8. The van der Waals surface area contributed by atoms with E-state index < -0.39 is 12.1 Å². The van der Waals surface area contributed by atoms with Crippen LogP contribution in [0, 0.1) is 0 Å². The number of amides is 1. The first-order chi connectivity index (χ1) is 32.5. The van der Waals surface area contributed by atoms with Crippen LogP contribution in [0.4, 0.5) is 0 Å². The van der Waals surface area contributed by atoms with Gasteiger partial charge in [0.05, 0.1) is 25.4 Å². The summed E-state index contributed by atoms with van der Waals surface area (Å²) < 4.78 is 5.46. The number of esters is 1. The van der Waals surface area contributed by atoms with Gasteiger partial charge >= 0.3 is 5.97 Å². The van der Waals surface area contributed by atoms with Crippen LogP contribution >= 0.6 is 0 Å². The average Bonchev–Trinajstić information content (AvgIpc) is 3.32. The SMILES string of the molecule is CCCCC/C=C\C/C=C\CCCCCCCC(=O)OCCCCCCCCCCC/C=C\CCCCCCCC(=O)NC(CO)C(O)/C=C/CCCCCCCCCCCCCCCC. The van der Waals surface area contributed by atoms with E-state index in [2.05, 4.69) is 55.6 Å². The monoisotopic (exact) mass is 926 g/mol. The van der Waals surface area contributed by atoms with Crippen LogP contribution in [0.3, 0.4) is 0 Å². The standard InChI is InChI=1S/C60H111NO5/c1-3-5-7-9-11-13-15-17-19-25-28-32-36-40-44-48-52-58(63)57(56-62)61-59(64)53-49-45-41-37-33-29-26-22-20-21-23-27-31-35-39-43-47-51-55-66-60(65)54-50-46-42-38-34-30-24-18-16-14-12-10-8-6-4-2/h12,14,18,22,24,26,48,52,57-58,62-63H,3-11,13,15-17,19-21,23,25,27-47,49-51,53-56H2,1-2H3,(H,61,64)/b14-12-,24-18-,26-22-,52-48+. The summed E-state index contributed by atoms with van der Waals surface area (Å²) in [6.45, 7) is 4.86. The number of carbonyl (C=O) groups is 2. The molecular weight excluding hydrogens is 815 g/mol. The first-order valence-corrected chi connectivity index (χ1v) is 28.9. The lowest BCUT2D eigenvalue weighted by atomic mass is 10.0. The van der Waals surface area contributed by atoms with Crippen LogP contribution in [-0.4, -0.2) is 47.4 Å². The van der Waals surface area contributed by atoms with Gasteiger partial charge in [0.2, 0.25) is 5.91 Å². The van der Waals surface area contributed by atoms with Crippen molar-refractivity contribution in [2.24, 2.45) is 0 Å². The minimum atomic E-state index is -0.854. The number of allylic oxidation sites excluding steroid dienone is 7. The third-order valence-electron chi connectivity index (χ3n) is 13.1. The van der Waals surface area contributed by atoms with Crippen LogP contribution in [0.2, 0.25) is 0 Å². The maximum Gasteiger partial charge on any atom is 0.305 e. The summed E-state index contributed by atoms with van der Waals surface area (Å²) in [5.41, 5.74) is 0. The summed E-state index contributed by atoms with van der Waals surface area (Å²) in [7, 11) is 0. The van der Waals surface area contributed by atoms with Crippen LogP contribution < -0.4 is 5.32 Å². The Morgan fingerprint density at radius 3 is 1.20 bits per heavy atom. The highest BCUT2D eigenvalue weighted by Crippen LogP contribution is 2.16. The van der Waals surface area contributed by atoms with Gasteiger partial charge in [0, 0.05) is 12.8 Å². The van der Waals surface area contributed by atoms with E-state index in [9.17, 15) is 19.8 Å².